The number of anilines is 1. The van der Waals surface area contributed by atoms with E-state index >= 15 is 0 Å². The minimum atomic E-state index is 0.586. The average Bonchev–Trinajstić information content (AvgIpc) is 2.74. The van der Waals surface area contributed by atoms with Crippen molar-refractivity contribution in [3.05, 3.63) is 24.3 Å². The van der Waals surface area contributed by atoms with Crippen LogP contribution in [0, 0.1) is 0 Å². The number of nitrogens with one attached hydrogen (secondary N) is 1. The van der Waals surface area contributed by atoms with E-state index in [9.17, 15) is 0 Å². The van der Waals surface area contributed by atoms with Crippen molar-refractivity contribution in [2.45, 2.75) is 25.8 Å². The van der Waals surface area contributed by atoms with E-state index in [2.05, 4.69) is 36.3 Å². The minimum absolute atomic E-state index is 0.586. The molecule has 0 amide bonds. The Morgan fingerprint density at radius 2 is 2.12 bits per heavy atom. The van der Waals surface area contributed by atoms with Crippen LogP contribution in [-0.4, -0.2) is 37.7 Å². The lowest BCUT2D eigenvalue weighted by atomic mass is 10.2. The molecule has 0 saturated carbocycles. The second-order valence-corrected chi connectivity index (χ2v) is 4.77. The van der Waals surface area contributed by atoms with Gasteiger partial charge in [0.2, 0.25) is 0 Å². The lowest BCUT2D eigenvalue weighted by Crippen LogP contribution is -2.23. The number of likely N-dealkylation sites (tertiary alicyclic amines) is 1. The predicted molar refractivity (Wildman–Crippen MR) is 71.8 cm³/mol. The van der Waals surface area contributed by atoms with Crippen molar-refractivity contribution in [2.75, 3.05) is 32.1 Å². The maximum Gasteiger partial charge on any atom is 0.119 e. The van der Waals surface area contributed by atoms with E-state index in [1.54, 1.807) is 0 Å². The monoisotopic (exact) mass is 234 g/mol. The topological polar surface area (TPSA) is 24.5 Å². The van der Waals surface area contributed by atoms with Gasteiger partial charge in [-0.1, -0.05) is 6.92 Å². The molecule has 1 aromatic rings. The highest BCUT2D eigenvalue weighted by molar-refractivity contribution is 5.47. The highest BCUT2D eigenvalue weighted by Crippen LogP contribution is 2.18. The van der Waals surface area contributed by atoms with Crippen molar-refractivity contribution in [2.24, 2.45) is 0 Å². The molecule has 3 nitrogen and oxygen atoms in total. The normalized spacial score (nSPS) is 20.5. The first-order valence-corrected chi connectivity index (χ1v) is 6.46. The highest BCUT2D eigenvalue weighted by Gasteiger charge is 2.18. The number of ether oxygens (including phenoxy) is 1. The molecule has 1 fully saturated rings. The molecular weight excluding hydrogens is 212 g/mol. The molecule has 1 N–H and O–H groups in total. The molecule has 0 aliphatic carbocycles. The molecule has 0 aromatic heterocycles. The Kier molecular flexibility index (Phi) is 4.26. The lowest BCUT2D eigenvalue weighted by molar-refractivity contribution is 0.317. The van der Waals surface area contributed by atoms with Gasteiger partial charge in [0.05, 0.1) is 6.61 Å². The summed E-state index contributed by atoms with van der Waals surface area (Å²) in [5, 5.41) is 3.56. The first kappa shape index (κ1) is 12.2. The number of benzene rings is 1. The Morgan fingerprint density at radius 1 is 1.35 bits per heavy atom. The van der Waals surface area contributed by atoms with Gasteiger partial charge in [0.25, 0.3) is 0 Å². The Labute approximate surface area is 104 Å². The summed E-state index contributed by atoms with van der Waals surface area (Å²) in [4.78, 5) is 2.36. The van der Waals surface area contributed by atoms with E-state index in [-0.39, 0.29) is 0 Å². The molecule has 0 radical (unpaired) electrons. The van der Waals surface area contributed by atoms with Crippen LogP contribution in [0.5, 0.6) is 5.75 Å². The van der Waals surface area contributed by atoms with E-state index in [4.69, 9.17) is 4.74 Å². The van der Waals surface area contributed by atoms with Crippen molar-refractivity contribution in [3.8, 4) is 5.75 Å². The van der Waals surface area contributed by atoms with E-state index in [0.29, 0.717) is 6.04 Å². The van der Waals surface area contributed by atoms with Crippen molar-refractivity contribution in [1.82, 2.24) is 4.90 Å². The summed E-state index contributed by atoms with van der Waals surface area (Å²) in [6.45, 7) is 5.23. The molecular formula is C14H22N2O. The molecule has 3 heteroatoms. The molecule has 1 aliphatic heterocycles. The fraction of sp³-hybridized carbons (Fsp3) is 0.571. The Hall–Kier alpha value is -1.22. The number of hydrogen-bond acceptors (Lipinski definition) is 3. The second kappa shape index (κ2) is 5.92. The minimum Gasteiger partial charge on any atom is -0.494 e. The number of nitrogens with zero attached hydrogens (tertiary/aromatic N) is 1. The molecule has 1 atom stereocenters. The van der Waals surface area contributed by atoms with Gasteiger partial charge in [0, 0.05) is 18.3 Å². The fourth-order valence-corrected chi connectivity index (χ4v) is 2.16. The van der Waals surface area contributed by atoms with Crippen molar-refractivity contribution < 1.29 is 4.74 Å². The molecule has 1 aromatic carbocycles. The first-order chi connectivity index (χ1) is 8.28. The van der Waals surface area contributed by atoms with Gasteiger partial charge in [0.1, 0.15) is 5.75 Å². The zero-order chi connectivity index (χ0) is 12.1. The molecule has 1 saturated heterocycles. The van der Waals surface area contributed by atoms with Crippen LogP contribution in [-0.2, 0) is 0 Å². The molecule has 1 aliphatic rings. The molecule has 1 heterocycles. The van der Waals surface area contributed by atoms with Gasteiger partial charge in [-0.2, -0.15) is 0 Å². The molecule has 94 valence electrons. The van der Waals surface area contributed by atoms with Crippen LogP contribution in [0.4, 0.5) is 5.69 Å². The standard InChI is InChI=1S/C14H22N2O/c1-3-10-17-14-6-4-12(5-7-14)15-13-8-9-16(2)11-13/h4-7,13,15H,3,8-11H2,1-2H3. The van der Waals surface area contributed by atoms with E-state index in [1.807, 2.05) is 12.1 Å². The van der Waals surface area contributed by atoms with Crippen molar-refractivity contribution >= 4 is 5.69 Å². The maximum atomic E-state index is 5.56. The highest BCUT2D eigenvalue weighted by atomic mass is 16.5. The number of likely N-dealkylation sites (N-methyl/N-ethyl adjacent to an activating group) is 1. The number of rotatable bonds is 5. The van der Waals surface area contributed by atoms with Crippen molar-refractivity contribution in [3.63, 3.8) is 0 Å². The Bertz CT molecular complexity index is 337. The van der Waals surface area contributed by atoms with Gasteiger partial charge >= 0.3 is 0 Å². The van der Waals surface area contributed by atoms with Crippen LogP contribution in [0.2, 0.25) is 0 Å². The zero-order valence-corrected chi connectivity index (χ0v) is 10.8. The quantitative estimate of drug-likeness (QED) is 0.847. The van der Waals surface area contributed by atoms with Gasteiger partial charge in [0.15, 0.2) is 0 Å². The van der Waals surface area contributed by atoms with Gasteiger partial charge in [-0.05, 0) is 50.7 Å². The van der Waals surface area contributed by atoms with Gasteiger partial charge in [-0.3, -0.25) is 0 Å². The van der Waals surface area contributed by atoms with Crippen LogP contribution >= 0.6 is 0 Å². The summed E-state index contributed by atoms with van der Waals surface area (Å²) in [7, 11) is 2.17. The molecule has 0 spiro atoms. The van der Waals surface area contributed by atoms with Crippen LogP contribution < -0.4 is 10.1 Å². The predicted octanol–water partition coefficient (Wildman–Crippen LogP) is 2.59. The Balaban J connectivity index is 1.85. The van der Waals surface area contributed by atoms with Crippen molar-refractivity contribution in [1.29, 1.82) is 0 Å². The zero-order valence-electron chi connectivity index (χ0n) is 10.8. The molecule has 17 heavy (non-hydrogen) atoms. The lowest BCUT2D eigenvalue weighted by Gasteiger charge is -2.14. The summed E-state index contributed by atoms with van der Waals surface area (Å²) >= 11 is 0. The van der Waals surface area contributed by atoms with Crippen LogP contribution in [0.15, 0.2) is 24.3 Å². The summed E-state index contributed by atoms with van der Waals surface area (Å²) in [5.74, 6) is 0.959. The van der Waals surface area contributed by atoms with Gasteiger partial charge in [-0.15, -0.1) is 0 Å². The third-order valence-electron chi connectivity index (χ3n) is 3.09. The van der Waals surface area contributed by atoms with Gasteiger partial charge < -0.3 is 15.0 Å². The molecule has 1 unspecified atom stereocenters. The smallest absolute Gasteiger partial charge is 0.119 e. The van der Waals surface area contributed by atoms with Crippen LogP contribution in [0.25, 0.3) is 0 Å². The van der Waals surface area contributed by atoms with Gasteiger partial charge in [-0.25, -0.2) is 0 Å². The summed E-state index contributed by atoms with van der Waals surface area (Å²) in [5.41, 5.74) is 1.19. The average molecular weight is 234 g/mol. The van der Waals surface area contributed by atoms with Crippen LogP contribution in [0.3, 0.4) is 0 Å². The SMILES string of the molecule is CCCOc1ccc(NC2CCN(C)C2)cc1. The summed E-state index contributed by atoms with van der Waals surface area (Å²) in [6, 6.07) is 8.86. The van der Waals surface area contributed by atoms with Crippen LogP contribution in [0.1, 0.15) is 19.8 Å². The van der Waals surface area contributed by atoms with E-state index in [1.165, 1.54) is 18.7 Å². The second-order valence-electron chi connectivity index (χ2n) is 4.77. The summed E-state index contributed by atoms with van der Waals surface area (Å²) in [6.07, 6.45) is 2.28. The largest absolute Gasteiger partial charge is 0.494 e. The molecule has 0 bridgehead atoms. The first-order valence-electron chi connectivity index (χ1n) is 6.46. The van der Waals surface area contributed by atoms with E-state index in [0.717, 1.165) is 25.3 Å². The third-order valence-corrected chi connectivity index (χ3v) is 3.09. The third kappa shape index (κ3) is 3.63. The Morgan fingerprint density at radius 3 is 2.71 bits per heavy atom. The molecule has 2 rings (SSSR count). The number of hydrogen-bond donors (Lipinski definition) is 1. The van der Waals surface area contributed by atoms with E-state index < -0.39 is 0 Å². The summed E-state index contributed by atoms with van der Waals surface area (Å²) < 4.78 is 5.56. The fourth-order valence-electron chi connectivity index (χ4n) is 2.16. The maximum absolute atomic E-state index is 5.56.